The van der Waals surface area contributed by atoms with Gasteiger partial charge >= 0.3 is 0 Å². The van der Waals surface area contributed by atoms with E-state index in [9.17, 15) is 10.2 Å². The second-order valence-corrected chi connectivity index (χ2v) is 5.94. The van der Waals surface area contributed by atoms with Crippen molar-refractivity contribution in [3.8, 4) is 0 Å². The molecule has 1 saturated carbocycles. The standard InChI is InChI=1S/C14H29NO3/c1-12(2)5-3-8-18-10-13(17)9-15-14(11-16)6-4-7-14/h12-13,15-17H,3-11H2,1-2H3. The van der Waals surface area contributed by atoms with Crippen LogP contribution in [-0.2, 0) is 4.74 Å². The summed E-state index contributed by atoms with van der Waals surface area (Å²) in [6, 6.07) is 0. The number of nitrogens with one attached hydrogen (secondary N) is 1. The number of hydrogen-bond acceptors (Lipinski definition) is 4. The molecule has 0 aromatic rings. The second kappa shape index (κ2) is 8.10. The van der Waals surface area contributed by atoms with Gasteiger partial charge in [-0.3, -0.25) is 0 Å². The highest BCUT2D eigenvalue weighted by atomic mass is 16.5. The molecular weight excluding hydrogens is 230 g/mol. The zero-order valence-electron chi connectivity index (χ0n) is 11.8. The highest BCUT2D eigenvalue weighted by Crippen LogP contribution is 2.30. The van der Waals surface area contributed by atoms with Crippen LogP contribution in [0.2, 0.25) is 0 Å². The maximum atomic E-state index is 9.77. The lowest BCUT2D eigenvalue weighted by Crippen LogP contribution is -2.56. The molecule has 3 N–H and O–H groups in total. The fraction of sp³-hybridized carbons (Fsp3) is 1.00. The predicted octanol–water partition coefficient (Wildman–Crippen LogP) is 1.30. The van der Waals surface area contributed by atoms with Gasteiger partial charge in [0, 0.05) is 18.7 Å². The van der Waals surface area contributed by atoms with Gasteiger partial charge in [0.05, 0.1) is 19.3 Å². The van der Waals surface area contributed by atoms with Crippen LogP contribution >= 0.6 is 0 Å². The van der Waals surface area contributed by atoms with E-state index in [1.807, 2.05) is 0 Å². The van der Waals surface area contributed by atoms with E-state index in [2.05, 4.69) is 19.2 Å². The van der Waals surface area contributed by atoms with Gasteiger partial charge in [-0.2, -0.15) is 0 Å². The van der Waals surface area contributed by atoms with Crippen molar-refractivity contribution in [1.29, 1.82) is 0 Å². The molecule has 1 aliphatic carbocycles. The smallest absolute Gasteiger partial charge is 0.0897 e. The van der Waals surface area contributed by atoms with Crippen LogP contribution in [0.5, 0.6) is 0 Å². The zero-order valence-corrected chi connectivity index (χ0v) is 11.8. The summed E-state index contributed by atoms with van der Waals surface area (Å²) in [4.78, 5) is 0. The Labute approximate surface area is 111 Å². The highest BCUT2D eigenvalue weighted by Gasteiger charge is 2.35. The average molecular weight is 259 g/mol. The van der Waals surface area contributed by atoms with Crippen molar-refractivity contribution in [3.63, 3.8) is 0 Å². The number of ether oxygens (including phenoxy) is 1. The van der Waals surface area contributed by atoms with Crippen molar-refractivity contribution in [2.75, 3.05) is 26.4 Å². The lowest BCUT2D eigenvalue weighted by molar-refractivity contribution is 0.0179. The molecule has 0 bridgehead atoms. The largest absolute Gasteiger partial charge is 0.394 e. The Morgan fingerprint density at radius 2 is 2.06 bits per heavy atom. The third-order valence-corrected chi connectivity index (χ3v) is 3.71. The van der Waals surface area contributed by atoms with Crippen molar-refractivity contribution in [3.05, 3.63) is 0 Å². The second-order valence-electron chi connectivity index (χ2n) is 5.94. The molecule has 4 nitrogen and oxygen atoms in total. The molecule has 1 aliphatic rings. The van der Waals surface area contributed by atoms with Crippen molar-refractivity contribution in [2.45, 2.75) is 57.6 Å². The Balaban J connectivity index is 1.98. The molecule has 1 fully saturated rings. The third kappa shape index (κ3) is 5.65. The molecule has 1 unspecified atom stereocenters. The molecule has 0 aromatic heterocycles. The van der Waals surface area contributed by atoms with Gasteiger partial charge in [-0.25, -0.2) is 0 Å². The molecule has 0 radical (unpaired) electrons. The van der Waals surface area contributed by atoms with E-state index >= 15 is 0 Å². The first-order chi connectivity index (χ1) is 8.58. The monoisotopic (exact) mass is 259 g/mol. The summed E-state index contributed by atoms with van der Waals surface area (Å²) >= 11 is 0. The molecule has 0 heterocycles. The minimum atomic E-state index is -0.479. The van der Waals surface area contributed by atoms with Gasteiger partial charge in [-0.15, -0.1) is 0 Å². The Bertz CT molecular complexity index is 212. The van der Waals surface area contributed by atoms with Crippen LogP contribution in [0.4, 0.5) is 0 Å². The van der Waals surface area contributed by atoms with E-state index in [-0.39, 0.29) is 12.1 Å². The lowest BCUT2D eigenvalue weighted by Gasteiger charge is -2.41. The maximum Gasteiger partial charge on any atom is 0.0897 e. The Morgan fingerprint density at radius 3 is 2.56 bits per heavy atom. The van der Waals surface area contributed by atoms with Crippen molar-refractivity contribution in [1.82, 2.24) is 5.32 Å². The topological polar surface area (TPSA) is 61.7 Å². The number of rotatable bonds is 10. The van der Waals surface area contributed by atoms with Crippen LogP contribution < -0.4 is 5.32 Å². The van der Waals surface area contributed by atoms with Crippen LogP contribution in [0.25, 0.3) is 0 Å². The minimum absolute atomic E-state index is 0.126. The summed E-state index contributed by atoms with van der Waals surface area (Å²) in [6.07, 6.45) is 4.92. The van der Waals surface area contributed by atoms with Crippen LogP contribution in [-0.4, -0.2) is 48.2 Å². The first-order valence-electron chi connectivity index (χ1n) is 7.20. The molecule has 108 valence electrons. The molecule has 0 aliphatic heterocycles. The summed E-state index contributed by atoms with van der Waals surface area (Å²) in [6.45, 7) is 6.17. The fourth-order valence-electron chi connectivity index (χ4n) is 2.20. The average Bonchev–Trinajstić information content (AvgIpc) is 2.27. The number of aliphatic hydroxyl groups excluding tert-OH is 2. The number of aliphatic hydroxyl groups is 2. The molecule has 1 atom stereocenters. The summed E-state index contributed by atoms with van der Waals surface area (Å²) < 4.78 is 5.44. The number of hydrogen-bond donors (Lipinski definition) is 3. The predicted molar refractivity (Wildman–Crippen MR) is 72.6 cm³/mol. The van der Waals surface area contributed by atoms with Crippen molar-refractivity contribution >= 4 is 0 Å². The molecule has 0 saturated heterocycles. The van der Waals surface area contributed by atoms with Crippen LogP contribution in [0.1, 0.15) is 46.0 Å². The molecule has 0 amide bonds. The van der Waals surface area contributed by atoms with E-state index in [0.717, 1.165) is 32.3 Å². The van der Waals surface area contributed by atoms with Crippen molar-refractivity contribution in [2.24, 2.45) is 5.92 Å². The zero-order chi connectivity index (χ0) is 13.4. The fourth-order valence-corrected chi connectivity index (χ4v) is 2.20. The maximum absolute atomic E-state index is 9.77. The molecule has 0 aromatic carbocycles. The van der Waals surface area contributed by atoms with E-state index in [1.165, 1.54) is 6.42 Å². The molecule has 1 rings (SSSR count). The summed E-state index contributed by atoms with van der Waals surface area (Å²) in [5, 5.41) is 22.3. The van der Waals surface area contributed by atoms with Gasteiger partial charge < -0.3 is 20.3 Å². The van der Waals surface area contributed by atoms with Crippen LogP contribution in [0, 0.1) is 5.92 Å². The summed E-state index contributed by atoms with van der Waals surface area (Å²) in [5.74, 6) is 0.711. The van der Waals surface area contributed by atoms with Gasteiger partial charge in [0.25, 0.3) is 0 Å². The molecule has 18 heavy (non-hydrogen) atoms. The molecule has 4 heteroatoms. The molecule has 0 spiro atoms. The SMILES string of the molecule is CC(C)CCCOCC(O)CNC1(CO)CCC1. The van der Waals surface area contributed by atoms with Gasteiger partial charge in [0.15, 0.2) is 0 Å². The molecular formula is C14H29NO3. The number of β-amino-alcohol motifs (C(OH)–C–C–N with tert-alkyl or cyclic N) is 1. The highest BCUT2D eigenvalue weighted by molar-refractivity contribution is 4.95. The minimum Gasteiger partial charge on any atom is -0.394 e. The van der Waals surface area contributed by atoms with Gasteiger partial charge in [0.1, 0.15) is 0 Å². The summed E-state index contributed by atoms with van der Waals surface area (Å²) in [7, 11) is 0. The van der Waals surface area contributed by atoms with E-state index in [1.54, 1.807) is 0 Å². The van der Waals surface area contributed by atoms with Crippen LogP contribution in [0.15, 0.2) is 0 Å². The third-order valence-electron chi connectivity index (χ3n) is 3.71. The Hall–Kier alpha value is -0.160. The van der Waals surface area contributed by atoms with E-state index in [0.29, 0.717) is 19.1 Å². The van der Waals surface area contributed by atoms with E-state index < -0.39 is 6.10 Å². The van der Waals surface area contributed by atoms with Gasteiger partial charge in [-0.05, 0) is 38.0 Å². The normalized spacial score (nSPS) is 19.8. The first-order valence-corrected chi connectivity index (χ1v) is 7.20. The van der Waals surface area contributed by atoms with Gasteiger partial charge in [0.2, 0.25) is 0 Å². The Kier molecular flexibility index (Phi) is 7.15. The van der Waals surface area contributed by atoms with E-state index in [4.69, 9.17) is 4.74 Å². The summed E-state index contributed by atoms with van der Waals surface area (Å²) in [5.41, 5.74) is -0.126. The first kappa shape index (κ1) is 15.9. The van der Waals surface area contributed by atoms with Crippen LogP contribution in [0.3, 0.4) is 0 Å². The van der Waals surface area contributed by atoms with Crippen molar-refractivity contribution < 1.29 is 14.9 Å². The van der Waals surface area contributed by atoms with Gasteiger partial charge in [-0.1, -0.05) is 13.8 Å². The Morgan fingerprint density at radius 1 is 1.33 bits per heavy atom. The lowest BCUT2D eigenvalue weighted by atomic mass is 9.77. The quantitative estimate of drug-likeness (QED) is 0.518.